The minimum Gasteiger partial charge on any atom is -0.488 e. The quantitative estimate of drug-likeness (QED) is 0.913. The molecule has 0 spiro atoms. The van der Waals surface area contributed by atoms with Crippen LogP contribution in [0.1, 0.15) is 25.7 Å². The van der Waals surface area contributed by atoms with Crippen LogP contribution in [0.5, 0.6) is 5.75 Å². The molecule has 2 aliphatic rings. The molecule has 3 rings (SSSR count). The van der Waals surface area contributed by atoms with Crippen LogP contribution in [-0.4, -0.2) is 42.6 Å². The molecule has 2 saturated heterocycles. The maximum Gasteiger partial charge on any atom is 0.224 e. The highest BCUT2D eigenvalue weighted by atomic mass is 35.5. The molecule has 2 atom stereocenters. The molecule has 2 heterocycles. The zero-order valence-corrected chi connectivity index (χ0v) is 13.9. The molecule has 2 unspecified atom stereocenters. The predicted molar refractivity (Wildman–Crippen MR) is 87.7 cm³/mol. The van der Waals surface area contributed by atoms with Crippen molar-refractivity contribution in [1.29, 1.82) is 0 Å². The smallest absolute Gasteiger partial charge is 0.224 e. The molecule has 0 bridgehead atoms. The molecule has 120 valence electrons. The summed E-state index contributed by atoms with van der Waals surface area (Å²) < 4.78 is 5.91. The average Bonchev–Trinajstić information content (AvgIpc) is 3.14. The minimum absolute atomic E-state index is 0.0257. The third-order valence-electron chi connectivity index (χ3n) is 4.27. The first-order valence-electron chi connectivity index (χ1n) is 7.74. The van der Waals surface area contributed by atoms with Crippen LogP contribution in [0.4, 0.5) is 0 Å². The van der Waals surface area contributed by atoms with E-state index < -0.39 is 0 Å². The van der Waals surface area contributed by atoms with Crippen molar-refractivity contribution in [2.75, 3.05) is 19.6 Å². The molecule has 22 heavy (non-hydrogen) atoms. The van der Waals surface area contributed by atoms with Gasteiger partial charge >= 0.3 is 0 Å². The topological polar surface area (TPSA) is 41.6 Å². The molecule has 0 aliphatic carbocycles. The summed E-state index contributed by atoms with van der Waals surface area (Å²) in [5.74, 6) is 0.922. The Labute approximate surface area is 140 Å². The zero-order chi connectivity index (χ0) is 15.5. The third-order valence-corrected chi connectivity index (χ3v) is 5.01. The molecule has 6 heteroatoms. The van der Waals surface area contributed by atoms with E-state index in [1.807, 2.05) is 4.90 Å². The number of carbonyl (C=O) groups excluding carboxylic acids is 1. The van der Waals surface area contributed by atoms with Gasteiger partial charge in [0.2, 0.25) is 5.91 Å². The summed E-state index contributed by atoms with van der Waals surface area (Å²) in [5, 5.41) is 4.37. The first kappa shape index (κ1) is 15.9. The lowest BCUT2D eigenvalue weighted by Gasteiger charge is -2.19. The summed E-state index contributed by atoms with van der Waals surface area (Å²) >= 11 is 11.9. The second-order valence-corrected chi connectivity index (χ2v) is 6.76. The Morgan fingerprint density at radius 2 is 2.18 bits per heavy atom. The van der Waals surface area contributed by atoms with E-state index >= 15 is 0 Å². The number of amides is 1. The minimum atomic E-state index is 0.0257. The number of hydrogen-bond acceptors (Lipinski definition) is 3. The second kappa shape index (κ2) is 7.07. The normalized spacial score (nSPS) is 24.7. The molecule has 1 aromatic rings. The van der Waals surface area contributed by atoms with Crippen LogP contribution >= 0.6 is 23.2 Å². The van der Waals surface area contributed by atoms with Crippen LogP contribution in [-0.2, 0) is 4.79 Å². The Morgan fingerprint density at radius 1 is 1.32 bits per heavy atom. The van der Waals surface area contributed by atoms with E-state index in [9.17, 15) is 4.79 Å². The van der Waals surface area contributed by atoms with Gasteiger partial charge in [0.1, 0.15) is 11.9 Å². The molecule has 2 fully saturated rings. The van der Waals surface area contributed by atoms with Gasteiger partial charge in [0, 0.05) is 31.5 Å². The van der Waals surface area contributed by atoms with Crippen LogP contribution in [0.2, 0.25) is 10.0 Å². The summed E-state index contributed by atoms with van der Waals surface area (Å²) in [6.07, 6.45) is 3.74. The Balaban J connectivity index is 1.50. The van der Waals surface area contributed by atoms with E-state index in [0.717, 1.165) is 25.9 Å². The summed E-state index contributed by atoms with van der Waals surface area (Å²) in [6.45, 7) is 2.43. The lowest BCUT2D eigenvalue weighted by atomic mass is 10.1. The Bertz CT molecular complexity index is 547. The highest BCUT2D eigenvalue weighted by molar-refractivity contribution is 6.42. The van der Waals surface area contributed by atoms with Crippen molar-refractivity contribution in [3.8, 4) is 5.75 Å². The van der Waals surface area contributed by atoms with Gasteiger partial charge < -0.3 is 15.0 Å². The number of halogens is 2. The Hall–Kier alpha value is -0.970. The lowest BCUT2D eigenvalue weighted by Crippen LogP contribution is -2.35. The highest BCUT2D eigenvalue weighted by Crippen LogP contribution is 2.28. The lowest BCUT2D eigenvalue weighted by molar-refractivity contribution is -0.130. The maximum atomic E-state index is 12.3. The van der Waals surface area contributed by atoms with E-state index in [-0.39, 0.29) is 12.0 Å². The van der Waals surface area contributed by atoms with Gasteiger partial charge in [-0.3, -0.25) is 4.79 Å². The number of rotatable bonds is 4. The van der Waals surface area contributed by atoms with E-state index in [1.165, 1.54) is 6.42 Å². The van der Waals surface area contributed by atoms with Crippen molar-refractivity contribution in [2.24, 2.45) is 0 Å². The van der Waals surface area contributed by atoms with Crippen molar-refractivity contribution in [1.82, 2.24) is 10.2 Å². The molecule has 2 aliphatic heterocycles. The molecule has 4 nitrogen and oxygen atoms in total. The SMILES string of the molecule is O=C(CC1CCCN1)N1CCC(Oc2ccc(Cl)c(Cl)c2)C1. The monoisotopic (exact) mass is 342 g/mol. The number of likely N-dealkylation sites (tertiary alicyclic amines) is 1. The molecule has 1 N–H and O–H groups in total. The molecule has 0 radical (unpaired) electrons. The van der Waals surface area contributed by atoms with Gasteiger partial charge in [-0.15, -0.1) is 0 Å². The summed E-state index contributed by atoms with van der Waals surface area (Å²) in [7, 11) is 0. The standard InChI is InChI=1S/C16H20Cl2N2O2/c17-14-4-3-12(9-15(14)18)22-13-5-7-20(10-13)16(21)8-11-2-1-6-19-11/h3-4,9,11,13,19H,1-2,5-8,10H2. The molecule has 1 aromatic carbocycles. The van der Waals surface area contributed by atoms with E-state index in [4.69, 9.17) is 27.9 Å². The first-order chi connectivity index (χ1) is 10.6. The van der Waals surface area contributed by atoms with Crippen molar-refractivity contribution >= 4 is 29.1 Å². The second-order valence-electron chi connectivity index (χ2n) is 5.94. The van der Waals surface area contributed by atoms with E-state index in [2.05, 4.69) is 5.32 Å². The molecule has 0 aromatic heterocycles. The van der Waals surface area contributed by atoms with Gasteiger partial charge in [0.15, 0.2) is 0 Å². The third kappa shape index (κ3) is 3.86. The van der Waals surface area contributed by atoms with E-state index in [1.54, 1.807) is 18.2 Å². The molecular formula is C16H20Cl2N2O2. The number of hydrogen-bond donors (Lipinski definition) is 1. The van der Waals surface area contributed by atoms with Gasteiger partial charge in [-0.2, -0.15) is 0 Å². The van der Waals surface area contributed by atoms with Crippen LogP contribution in [0.25, 0.3) is 0 Å². The van der Waals surface area contributed by atoms with Crippen molar-refractivity contribution in [2.45, 2.75) is 37.8 Å². The van der Waals surface area contributed by atoms with Crippen LogP contribution in [0.3, 0.4) is 0 Å². The molecular weight excluding hydrogens is 323 g/mol. The van der Waals surface area contributed by atoms with Gasteiger partial charge in [-0.05, 0) is 31.5 Å². The van der Waals surface area contributed by atoms with Gasteiger partial charge in [0.05, 0.1) is 16.6 Å². The largest absolute Gasteiger partial charge is 0.488 e. The number of nitrogens with one attached hydrogen (secondary N) is 1. The van der Waals surface area contributed by atoms with Gasteiger partial charge in [0.25, 0.3) is 0 Å². The summed E-state index contributed by atoms with van der Waals surface area (Å²) in [6, 6.07) is 5.60. The fourth-order valence-corrected chi connectivity index (χ4v) is 3.35. The summed E-state index contributed by atoms with van der Waals surface area (Å²) in [4.78, 5) is 14.2. The number of benzene rings is 1. The van der Waals surface area contributed by atoms with Crippen molar-refractivity contribution < 1.29 is 9.53 Å². The Kier molecular flexibility index (Phi) is 5.11. The zero-order valence-electron chi connectivity index (χ0n) is 12.4. The fraction of sp³-hybridized carbons (Fsp3) is 0.562. The summed E-state index contributed by atoms with van der Waals surface area (Å²) in [5.41, 5.74) is 0. The van der Waals surface area contributed by atoms with Crippen LogP contribution in [0, 0.1) is 0 Å². The van der Waals surface area contributed by atoms with Crippen molar-refractivity contribution in [3.05, 3.63) is 28.2 Å². The Morgan fingerprint density at radius 3 is 2.91 bits per heavy atom. The maximum absolute atomic E-state index is 12.3. The van der Waals surface area contributed by atoms with Crippen LogP contribution in [0.15, 0.2) is 18.2 Å². The molecule has 1 amide bonds. The predicted octanol–water partition coefficient (Wildman–Crippen LogP) is 3.12. The average molecular weight is 343 g/mol. The first-order valence-corrected chi connectivity index (χ1v) is 8.50. The van der Waals surface area contributed by atoms with Crippen LogP contribution < -0.4 is 10.1 Å². The van der Waals surface area contributed by atoms with E-state index in [0.29, 0.717) is 34.8 Å². The number of carbonyl (C=O) groups is 1. The fourth-order valence-electron chi connectivity index (χ4n) is 3.06. The number of nitrogens with zero attached hydrogens (tertiary/aromatic N) is 1. The van der Waals surface area contributed by atoms with Crippen molar-refractivity contribution in [3.63, 3.8) is 0 Å². The van der Waals surface area contributed by atoms with Gasteiger partial charge in [-0.1, -0.05) is 23.2 Å². The highest BCUT2D eigenvalue weighted by Gasteiger charge is 2.29. The van der Waals surface area contributed by atoms with Gasteiger partial charge in [-0.25, -0.2) is 0 Å². The molecule has 0 saturated carbocycles. The number of ether oxygens (including phenoxy) is 1.